The number of nitrogens with one attached hydrogen (secondary N) is 1. The Hall–Kier alpha value is -1.28. The molecule has 0 aromatic heterocycles. The largest absolute Gasteiger partial charge is 0.400 e. The topological polar surface area (TPSA) is 32.3 Å². The fraction of sp³-hybridized carbons (Fsp3) is 0.333. The van der Waals surface area contributed by atoms with E-state index in [0.29, 0.717) is 0 Å². The van der Waals surface area contributed by atoms with E-state index in [1.807, 2.05) is 18.2 Å². The highest BCUT2D eigenvalue weighted by Crippen LogP contribution is 1.99. The van der Waals surface area contributed by atoms with E-state index in [2.05, 4.69) is 31.0 Å². The Balaban J connectivity index is 0.000000791. The highest BCUT2D eigenvalue weighted by molar-refractivity contribution is 5.15. The predicted octanol–water partition coefficient (Wildman–Crippen LogP) is 2.31. The summed E-state index contributed by atoms with van der Waals surface area (Å²) in [5, 5.41) is 10.3. The predicted molar refractivity (Wildman–Crippen MR) is 60.9 cm³/mol. The summed E-state index contributed by atoms with van der Waals surface area (Å²) in [7, 11) is 1.00. The van der Waals surface area contributed by atoms with Crippen LogP contribution >= 0.6 is 0 Å². The molecular formula is C12H19NO. The normalized spacial score (nSPS) is 8.50. The summed E-state index contributed by atoms with van der Waals surface area (Å²) in [4.78, 5) is 0. The van der Waals surface area contributed by atoms with E-state index >= 15 is 0 Å². The van der Waals surface area contributed by atoms with Gasteiger partial charge in [0.1, 0.15) is 0 Å². The van der Waals surface area contributed by atoms with Gasteiger partial charge in [-0.25, -0.2) is 0 Å². The summed E-state index contributed by atoms with van der Waals surface area (Å²) in [6.45, 7) is 6.86. The van der Waals surface area contributed by atoms with Crippen molar-refractivity contribution >= 4 is 0 Å². The fourth-order valence-electron chi connectivity index (χ4n) is 0.948. The van der Waals surface area contributed by atoms with E-state index in [9.17, 15) is 0 Å². The van der Waals surface area contributed by atoms with Crippen molar-refractivity contribution < 1.29 is 5.11 Å². The molecule has 78 valence electrons. The molecule has 0 saturated carbocycles. The van der Waals surface area contributed by atoms with E-state index < -0.39 is 0 Å². The molecule has 0 unspecified atom stereocenters. The van der Waals surface area contributed by atoms with Crippen LogP contribution in [0.2, 0.25) is 0 Å². The smallest absolute Gasteiger partial charge is 0.0397 e. The lowest BCUT2D eigenvalue weighted by atomic mass is 10.2. The van der Waals surface area contributed by atoms with E-state index in [0.717, 1.165) is 25.8 Å². The van der Waals surface area contributed by atoms with Gasteiger partial charge in [-0.2, -0.15) is 0 Å². The summed E-state index contributed by atoms with van der Waals surface area (Å²) in [5.41, 5.74) is 2.39. The van der Waals surface area contributed by atoms with Crippen LogP contribution in [0.15, 0.2) is 42.6 Å². The molecule has 0 aliphatic carbocycles. The van der Waals surface area contributed by atoms with Gasteiger partial charge in [-0.3, -0.25) is 0 Å². The Morgan fingerprint density at radius 2 is 1.86 bits per heavy atom. The van der Waals surface area contributed by atoms with Gasteiger partial charge in [0.25, 0.3) is 0 Å². The number of aliphatic hydroxyl groups is 1. The van der Waals surface area contributed by atoms with Gasteiger partial charge in [0.2, 0.25) is 0 Å². The van der Waals surface area contributed by atoms with Crippen LogP contribution in [0.1, 0.15) is 18.9 Å². The van der Waals surface area contributed by atoms with E-state index in [4.69, 9.17) is 5.11 Å². The number of benzene rings is 1. The first-order valence-electron chi connectivity index (χ1n) is 4.73. The fourth-order valence-corrected chi connectivity index (χ4v) is 0.948. The Bertz CT molecular complexity index is 244. The van der Waals surface area contributed by atoms with E-state index in [-0.39, 0.29) is 0 Å². The maximum atomic E-state index is 7.00. The molecule has 0 aliphatic rings. The maximum Gasteiger partial charge on any atom is 0.0397 e. The highest BCUT2D eigenvalue weighted by atomic mass is 16.2. The first-order valence-corrected chi connectivity index (χ1v) is 4.73. The van der Waals surface area contributed by atoms with Crippen LogP contribution in [-0.4, -0.2) is 12.2 Å². The van der Waals surface area contributed by atoms with Crippen LogP contribution in [0, 0.1) is 0 Å². The molecule has 2 N–H and O–H groups in total. The van der Waals surface area contributed by atoms with Crippen molar-refractivity contribution in [2.45, 2.75) is 19.9 Å². The molecule has 0 aliphatic heterocycles. The van der Waals surface area contributed by atoms with Crippen LogP contribution in [0.5, 0.6) is 0 Å². The third-order valence-electron chi connectivity index (χ3n) is 1.81. The number of aliphatic hydroxyl groups excluding tert-OH is 1. The zero-order valence-corrected chi connectivity index (χ0v) is 8.96. The van der Waals surface area contributed by atoms with Crippen molar-refractivity contribution in [3.05, 3.63) is 48.2 Å². The van der Waals surface area contributed by atoms with Gasteiger partial charge >= 0.3 is 0 Å². The summed E-state index contributed by atoms with van der Waals surface area (Å²) in [6, 6.07) is 10.3. The van der Waals surface area contributed by atoms with Crippen LogP contribution < -0.4 is 5.32 Å². The highest BCUT2D eigenvalue weighted by Gasteiger charge is 1.90. The van der Waals surface area contributed by atoms with Gasteiger partial charge < -0.3 is 10.4 Å². The third kappa shape index (κ3) is 5.38. The quantitative estimate of drug-likeness (QED) is 0.769. The first-order chi connectivity index (χ1) is 6.83. The number of hydrogen-bond donors (Lipinski definition) is 2. The first kappa shape index (κ1) is 12.7. The second-order valence-corrected chi connectivity index (χ2v) is 2.80. The molecular weight excluding hydrogens is 174 g/mol. The van der Waals surface area contributed by atoms with Crippen molar-refractivity contribution in [3.8, 4) is 0 Å². The van der Waals surface area contributed by atoms with Crippen molar-refractivity contribution in [3.63, 3.8) is 0 Å². The average molecular weight is 193 g/mol. The van der Waals surface area contributed by atoms with Crippen molar-refractivity contribution in [1.82, 2.24) is 5.32 Å². The Kier molecular flexibility index (Phi) is 7.56. The van der Waals surface area contributed by atoms with Crippen LogP contribution in [0.3, 0.4) is 0 Å². The van der Waals surface area contributed by atoms with Crippen molar-refractivity contribution in [2.24, 2.45) is 0 Å². The van der Waals surface area contributed by atoms with Gasteiger partial charge in [0, 0.05) is 19.4 Å². The molecule has 0 heterocycles. The van der Waals surface area contributed by atoms with Crippen molar-refractivity contribution in [2.75, 3.05) is 7.11 Å². The molecule has 0 bridgehead atoms. The summed E-state index contributed by atoms with van der Waals surface area (Å²) >= 11 is 0. The zero-order valence-electron chi connectivity index (χ0n) is 8.96. The lowest BCUT2D eigenvalue weighted by molar-refractivity contribution is 0.399. The van der Waals surface area contributed by atoms with Gasteiger partial charge in [-0.15, -0.1) is 0 Å². The zero-order chi connectivity index (χ0) is 10.8. The average Bonchev–Trinajstić information content (AvgIpc) is 2.30. The molecule has 0 atom stereocenters. The molecule has 1 rings (SSSR count). The molecule has 0 spiro atoms. The lowest BCUT2D eigenvalue weighted by Gasteiger charge is -2.06. The number of rotatable bonds is 4. The second kappa shape index (κ2) is 8.32. The van der Waals surface area contributed by atoms with Gasteiger partial charge in [0.05, 0.1) is 0 Å². The van der Waals surface area contributed by atoms with Crippen molar-refractivity contribution in [1.29, 1.82) is 0 Å². The van der Waals surface area contributed by atoms with Crippen LogP contribution in [0.4, 0.5) is 0 Å². The van der Waals surface area contributed by atoms with E-state index in [1.165, 1.54) is 5.56 Å². The molecule has 2 heteroatoms. The monoisotopic (exact) mass is 193 g/mol. The van der Waals surface area contributed by atoms with Crippen LogP contribution in [0.25, 0.3) is 0 Å². The molecule has 1 aromatic rings. The van der Waals surface area contributed by atoms with Gasteiger partial charge in [-0.1, -0.05) is 43.8 Å². The number of hydrogen-bond acceptors (Lipinski definition) is 2. The Morgan fingerprint density at radius 1 is 1.29 bits per heavy atom. The van der Waals surface area contributed by atoms with Gasteiger partial charge in [0.15, 0.2) is 0 Å². The summed E-state index contributed by atoms with van der Waals surface area (Å²) in [6.07, 6.45) is 0.993. The standard InChI is InChI=1S/C11H15N.CH4O/c1-3-10(2)12-9-11-7-5-4-6-8-11;1-2/h4-8,12H,2-3,9H2,1H3;2H,1H3. The van der Waals surface area contributed by atoms with E-state index in [1.54, 1.807) is 0 Å². The SMILES string of the molecule is C=C(CC)NCc1ccccc1.CO. The summed E-state index contributed by atoms with van der Waals surface area (Å²) in [5.74, 6) is 0. The number of allylic oxidation sites excluding steroid dienone is 1. The molecule has 2 nitrogen and oxygen atoms in total. The third-order valence-corrected chi connectivity index (χ3v) is 1.81. The molecule has 0 radical (unpaired) electrons. The molecule has 0 fully saturated rings. The summed E-state index contributed by atoms with van der Waals surface area (Å²) < 4.78 is 0. The minimum Gasteiger partial charge on any atom is -0.400 e. The molecule has 14 heavy (non-hydrogen) atoms. The Morgan fingerprint density at radius 3 is 2.36 bits per heavy atom. The Labute approximate surface area is 86.3 Å². The minimum absolute atomic E-state index is 0.882. The molecule has 0 amide bonds. The van der Waals surface area contributed by atoms with Crippen LogP contribution in [-0.2, 0) is 6.54 Å². The second-order valence-electron chi connectivity index (χ2n) is 2.80. The lowest BCUT2D eigenvalue weighted by Crippen LogP contribution is -2.10. The molecule has 1 aromatic carbocycles. The molecule has 0 saturated heterocycles. The maximum absolute atomic E-state index is 7.00. The minimum atomic E-state index is 0.882. The van der Waals surface area contributed by atoms with Gasteiger partial charge in [-0.05, 0) is 12.0 Å².